The van der Waals surface area contributed by atoms with Gasteiger partial charge in [-0.2, -0.15) is 0 Å². The van der Waals surface area contributed by atoms with Gasteiger partial charge in [0.25, 0.3) is 0 Å². The van der Waals surface area contributed by atoms with Crippen LogP contribution in [0, 0.1) is 0 Å². The SMILES string of the molecule is CC1(C)c2ccccc2-c2ccc(-c3nc(-c4cccc5c4sc4ccccc45)nc(-c4cccc5sc6cccc(-c7ccccc7)c6c45)n3)cc21. The first-order valence-electron chi connectivity index (χ1n) is 17.9. The summed E-state index contributed by atoms with van der Waals surface area (Å²) in [6.07, 6.45) is 0. The van der Waals surface area contributed by atoms with Gasteiger partial charge >= 0.3 is 0 Å². The minimum absolute atomic E-state index is 0.141. The molecule has 1 aliphatic rings. The van der Waals surface area contributed by atoms with E-state index in [0.717, 1.165) is 16.7 Å². The van der Waals surface area contributed by atoms with Crippen LogP contribution in [-0.2, 0) is 5.41 Å². The minimum atomic E-state index is -0.141. The molecule has 0 radical (unpaired) electrons. The van der Waals surface area contributed by atoms with Crippen molar-refractivity contribution in [2.75, 3.05) is 0 Å². The number of fused-ring (bicyclic) bond motifs is 9. The third-order valence-corrected chi connectivity index (χ3v) is 13.3. The van der Waals surface area contributed by atoms with Gasteiger partial charge in [0.05, 0.1) is 0 Å². The average molecular weight is 714 g/mol. The molecule has 0 N–H and O–H groups in total. The second kappa shape index (κ2) is 11.5. The first-order valence-corrected chi connectivity index (χ1v) is 19.6. The molecule has 0 saturated carbocycles. The standard InChI is InChI=1S/C48H31N3S2/c1-48(2)37-21-8-6-15-31(37)32-26-25-29(27-38(32)48)45-49-46(51-47(50-45)36-20-10-18-34-33-16-7-9-22-39(33)53-44(34)36)35-19-12-24-41-43(35)42-30(17-11-23-40(42)52-41)28-13-4-3-5-14-28/h3-27H,1-2H3. The lowest BCUT2D eigenvalue weighted by Gasteiger charge is -2.21. The maximum atomic E-state index is 5.38. The summed E-state index contributed by atoms with van der Waals surface area (Å²) in [6, 6.07) is 54.5. The fourth-order valence-corrected chi connectivity index (χ4v) is 10.8. The van der Waals surface area contributed by atoms with E-state index in [4.69, 9.17) is 15.0 Å². The van der Waals surface area contributed by atoms with E-state index in [0.29, 0.717) is 17.5 Å². The summed E-state index contributed by atoms with van der Waals surface area (Å²) in [5, 5.41) is 4.90. The van der Waals surface area contributed by atoms with Crippen molar-refractivity contribution in [3.63, 3.8) is 0 Å². The number of nitrogens with zero attached hydrogens (tertiary/aromatic N) is 3. The largest absolute Gasteiger partial charge is 0.208 e. The summed E-state index contributed by atoms with van der Waals surface area (Å²) in [7, 11) is 0. The van der Waals surface area contributed by atoms with E-state index in [2.05, 4.69) is 166 Å². The zero-order valence-corrected chi connectivity index (χ0v) is 30.7. The van der Waals surface area contributed by atoms with Gasteiger partial charge in [0.2, 0.25) is 0 Å². The molecule has 7 aromatic carbocycles. The van der Waals surface area contributed by atoms with Crippen LogP contribution in [0.1, 0.15) is 25.0 Å². The molecule has 3 aromatic heterocycles. The first kappa shape index (κ1) is 30.6. The molecule has 0 fully saturated rings. The van der Waals surface area contributed by atoms with Crippen LogP contribution in [0.5, 0.6) is 0 Å². The Morgan fingerprint density at radius 2 is 0.981 bits per heavy atom. The van der Waals surface area contributed by atoms with E-state index in [1.165, 1.54) is 73.7 Å². The van der Waals surface area contributed by atoms with E-state index in [9.17, 15) is 0 Å². The number of hydrogen-bond acceptors (Lipinski definition) is 5. The van der Waals surface area contributed by atoms with Crippen LogP contribution in [0.25, 0.3) is 96.8 Å². The zero-order chi connectivity index (χ0) is 35.3. The van der Waals surface area contributed by atoms with Crippen molar-refractivity contribution < 1.29 is 0 Å². The van der Waals surface area contributed by atoms with E-state index in [1.807, 2.05) is 11.3 Å². The smallest absolute Gasteiger partial charge is 0.165 e. The zero-order valence-electron chi connectivity index (χ0n) is 29.1. The maximum Gasteiger partial charge on any atom is 0.165 e. The highest BCUT2D eigenvalue weighted by Crippen LogP contribution is 2.50. The van der Waals surface area contributed by atoms with E-state index in [-0.39, 0.29) is 5.41 Å². The van der Waals surface area contributed by atoms with Crippen molar-refractivity contribution in [2.45, 2.75) is 19.3 Å². The molecule has 0 bridgehead atoms. The Kier molecular flexibility index (Phi) is 6.64. The summed E-state index contributed by atoms with van der Waals surface area (Å²) < 4.78 is 4.91. The number of rotatable bonds is 4. The van der Waals surface area contributed by atoms with Crippen LogP contribution in [0.2, 0.25) is 0 Å². The van der Waals surface area contributed by atoms with Crippen LogP contribution in [0.3, 0.4) is 0 Å². The molecule has 1 aliphatic carbocycles. The molecular formula is C48H31N3S2. The Morgan fingerprint density at radius 3 is 1.83 bits per heavy atom. The van der Waals surface area contributed by atoms with Crippen LogP contribution < -0.4 is 0 Å². The van der Waals surface area contributed by atoms with Crippen molar-refractivity contribution in [1.29, 1.82) is 0 Å². The third-order valence-electron chi connectivity index (χ3n) is 11.0. The van der Waals surface area contributed by atoms with Gasteiger partial charge in [-0.25, -0.2) is 15.0 Å². The van der Waals surface area contributed by atoms with Gasteiger partial charge < -0.3 is 0 Å². The van der Waals surface area contributed by atoms with Crippen LogP contribution in [-0.4, -0.2) is 15.0 Å². The highest BCUT2D eigenvalue weighted by Gasteiger charge is 2.35. The Labute approximate surface area is 314 Å². The molecule has 0 aliphatic heterocycles. The van der Waals surface area contributed by atoms with E-state index >= 15 is 0 Å². The van der Waals surface area contributed by atoms with Gasteiger partial charge in [0.1, 0.15) is 0 Å². The molecule has 0 saturated heterocycles. The molecule has 11 rings (SSSR count). The predicted octanol–water partition coefficient (Wildman–Crippen LogP) is 13.6. The molecule has 10 aromatic rings. The molecule has 0 amide bonds. The van der Waals surface area contributed by atoms with E-state index in [1.54, 1.807) is 11.3 Å². The lowest BCUT2D eigenvalue weighted by Crippen LogP contribution is -2.15. The van der Waals surface area contributed by atoms with Crippen LogP contribution in [0.15, 0.2) is 152 Å². The number of hydrogen-bond donors (Lipinski definition) is 0. The quantitative estimate of drug-likeness (QED) is 0.182. The lowest BCUT2D eigenvalue weighted by molar-refractivity contribution is 0.660. The highest BCUT2D eigenvalue weighted by molar-refractivity contribution is 7.26. The van der Waals surface area contributed by atoms with Crippen molar-refractivity contribution in [3.8, 4) is 56.4 Å². The monoisotopic (exact) mass is 713 g/mol. The minimum Gasteiger partial charge on any atom is -0.208 e. The summed E-state index contributed by atoms with van der Waals surface area (Å²) in [5.74, 6) is 2.04. The fraction of sp³-hybridized carbons (Fsp3) is 0.0625. The Hall–Kier alpha value is -6.01. The first-order chi connectivity index (χ1) is 26.0. The van der Waals surface area contributed by atoms with Gasteiger partial charge in [-0.1, -0.05) is 135 Å². The molecule has 0 atom stereocenters. The summed E-state index contributed by atoms with van der Waals surface area (Å²) in [5.41, 5.74) is 10.5. The number of benzene rings is 7. The van der Waals surface area contributed by atoms with Crippen molar-refractivity contribution in [3.05, 3.63) is 163 Å². The summed E-state index contributed by atoms with van der Waals surface area (Å²) in [6.45, 7) is 4.64. The number of aromatic nitrogens is 3. The maximum absolute atomic E-state index is 5.38. The molecule has 0 spiro atoms. The molecule has 0 unspecified atom stereocenters. The Bertz CT molecular complexity index is 3100. The average Bonchev–Trinajstić information content (AvgIpc) is 3.86. The van der Waals surface area contributed by atoms with Gasteiger partial charge in [-0.05, 0) is 63.7 Å². The lowest BCUT2D eigenvalue weighted by atomic mass is 9.82. The highest BCUT2D eigenvalue weighted by atomic mass is 32.1. The van der Waals surface area contributed by atoms with Crippen molar-refractivity contribution >= 4 is 63.0 Å². The normalized spacial score (nSPS) is 13.2. The van der Waals surface area contributed by atoms with Crippen molar-refractivity contribution in [1.82, 2.24) is 15.0 Å². The van der Waals surface area contributed by atoms with Gasteiger partial charge in [-0.15, -0.1) is 22.7 Å². The van der Waals surface area contributed by atoms with Crippen LogP contribution >= 0.6 is 22.7 Å². The predicted molar refractivity (Wildman–Crippen MR) is 225 cm³/mol. The van der Waals surface area contributed by atoms with Gasteiger partial charge in [-0.3, -0.25) is 0 Å². The fourth-order valence-electron chi connectivity index (χ4n) is 8.42. The Morgan fingerprint density at radius 1 is 0.396 bits per heavy atom. The van der Waals surface area contributed by atoms with Gasteiger partial charge in [0.15, 0.2) is 17.5 Å². The number of thiophene rings is 2. The third kappa shape index (κ3) is 4.61. The second-order valence-corrected chi connectivity index (χ2v) is 16.5. The molecule has 3 nitrogen and oxygen atoms in total. The van der Waals surface area contributed by atoms with E-state index < -0.39 is 0 Å². The molecule has 5 heteroatoms. The second-order valence-electron chi connectivity index (χ2n) is 14.3. The molecule has 250 valence electrons. The van der Waals surface area contributed by atoms with Crippen molar-refractivity contribution in [2.24, 2.45) is 0 Å². The Balaban J connectivity index is 1.19. The summed E-state index contributed by atoms with van der Waals surface area (Å²) in [4.78, 5) is 16.1. The molecular weight excluding hydrogens is 683 g/mol. The topological polar surface area (TPSA) is 38.7 Å². The molecule has 53 heavy (non-hydrogen) atoms. The summed E-state index contributed by atoms with van der Waals surface area (Å²) >= 11 is 3.62. The van der Waals surface area contributed by atoms with Gasteiger partial charge in [0, 0.05) is 62.4 Å². The molecule has 3 heterocycles. The van der Waals surface area contributed by atoms with Crippen LogP contribution in [0.4, 0.5) is 0 Å².